The van der Waals surface area contributed by atoms with Gasteiger partial charge in [0.1, 0.15) is 5.65 Å². The number of aromatic nitrogens is 3. The number of imidazole rings is 1. The molecule has 3 heteroatoms. The number of fused-ring (bicyclic) bond motifs is 7. The molecule has 0 N–H and O–H groups in total. The first kappa shape index (κ1) is 24.3. The number of pyridine rings is 2. The first-order valence-corrected chi connectivity index (χ1v) is 14.3. The molecule has 5 aromatic carbocycles. The maximum atomic E-state index is 5.37. The molecule has 198 valence electrons. The summed E-state index contributed by atoms with van der Waals surface area (Å²) in [7, 11) is 0. The summed E-state index contributed by atoms with van der Waals surface area (Å²) in [5.74, 6) is 0. The number of aryl methyl sites for hydroxylation is 1. The molecule has 0 atom stereocenters. The quantitative estimate of drug-likeness (QED) is 0.220. The van der Waals surface area contributed by atoms with Crippen LogP contribution in [0.1, 0.15) is 5.56 Å². The minimum Gasteiger partial charge on any atom is -0.297 e. The maximum absolute atomic E-state index is 5.37. The summed E-state index contributed by atoms with van der Waals surface area (Å²) in [5.41, 5.74) is 8.23. The van der Waals surface area contributed by atoms with Crippen molar-refractivity contribution in [3.05, 3.63) is 151 Å². The van der Waals surface area contributed by atoms with Gasteiger partial charge in [-0.25, -0.2) is 9.97 Å². The average Bonchev–Trinajstić information content (AvgIpc) is 3.40. The third-order valence-corrected chi connectivity index (χ3v) is 8.16. The molecule has 0 spiro atoms. The van der Waals surface area contributed by atoms with Crippen LogP contribution in [-0.2, 0) is 0 Å². The standard InChI is InChI=1S/C39H27N3/c1-26-14-4-2-7-19-30(27-15-5-3-6-16-27)31-20-10-11-21-32(31)36(26)37-33-22-12-13-23-34(33)38-39(41-37)40-35-24-28-17-8-9-18-29(28)25-42(35)38/h2-25H,1H3. The van der Waals surface area contributed by atoms with E-state index in [-0.39, 0.29) is 0 Å². The van der Waals surface area contributed by atoms with Gasteiger partial charge in [0.15, 0.2) is 5.65 Å². The van der Waals surface area contributed by atoms with Gasteiger partial charge < -0.3 is 0 Å². The fourth-order valence-electron chi connectivity index (χ4n) is 6.21. The Morgan fingerprint density at radius 3 is 1.95 bits per heavy atom. The predicted molar refractivity (Wildman–Crippen MR) is 176 cm³/mol. The molecular formula is C39H27N3. The second-order valence-electron chi connectivity index (χ2n) is 10.7. The van der Waals surface area contributed by atoms with Crippen molar-refractivity contribution in [3.8, 4) is 22.4 Å². The average molecular weight is 538 g/mol. The van der Waals surface area contributed by atoms with E-state index in [0.717, 1.165) is 49.8 Å². The van der Waals surface area contributed by atoms with E-state index < -0.39 is 0 Å². The van der Waals surface area contributed by atoms with Crippen LogP contribution < -0.4 is 0 Å². The summed E-state index contributed by atoms with van der Waals surface area (Å²) in [6, 6.07) is 49.2. The molecule has 0 amide bonds. The molecule has 3 nitrogen and oxygen atoms in total. The lowest BCUT2D eigenvalue weighted by molar-refractivity contribution is 1.25. The molecule has 3 heterocycles. The van der Waals surface area contributed by atoms with Gasteiger partial charge >= 0.3 is 0 Å². The van der Waals surface area contributed by atoms with Gasteiger partial charge in [-0.2, -0.15) is 0 Å². The zero-order valence-corrected chi connectivity index (χ0v) is 23.2. The maximum Gasteiger partial charge on any atom is 0.179 e. The van der Waals surface area contributed by atoms with Crippen molar-refractivity contribution in [1.29, 1.82) is 0 Å². The molecule has 8 aromatic rings. The van der Waals surface area contributed by atoms with Crippen molar-refractivity contribution < 1.29 is 0 Å². The molecule has 0 fully saturated rings. The second kappa shape index (κ2) is 9.83. The Kier molecular flexibility index (Phi) is 5.68. The van der Waals surface area contributed by atoms with Crippen molar-refractivity contribution in [2.24, 2.45) is 0 Å². The van der Waals surface area contributed by atoms with Crippen molar-refractivity contribution in [1.82, 2.24) is 14.4 Å². The molecule has 0 aliphatic heterocycles. The number of hydrogen-bond donors (Lipinski definition) is 0. The highest BCUT2D eigenvalue weighted by molar-refractivity contribution is 6.14. The van der Waals surface area contributed by atoms with Crippen LogP contribution in [0.25, 0.3) is 71.5 Å². The minimum absolute atomic E-state index is 0.747. The SMILES string of the molecule is Cc1cccccc(-c2ccccc2)c2ccccc2c1-c1nc2nc3cc4ccccc4cn3c2c2ccccc12. The molecule has 0 saturated carbocycles. The lowest BCUT2D eigenvalue weighted by Crippen LogP contribution is -1.93. The van der Waals surface area contributed by atoms with Gasteiger partial charge in [-0.15, -0.1) is 0 Å². The fraction of sp³-hybridized carbons (Fsp3) is 0.0256. The highest BCUT2D eigenvalue weighted by Gasteiger charge is 2.18. The number of benzene rings is 4. The van der Waals surface area contributed by atoms with Gasteiger partial charge in [0.2, 0.25) is 0 Å². The van der Waals surface area contributed by atoms with Crippen molar-refractivity contribution in [3.63, 3.8) is 0 Å². The van der Waals surface area contributed by atoms with E-state index in [1.54, 1.807) is 0 Å². The lowest BCUT2D eigenvalue weighted by Gasteiger charge is -2.13. The van der Waals surface area contributed by atoms with Gasteiger partial charge in [0, 0.05) is 22.5 Å². The van der Waals surface area contributed by atoms with E-state index >= 15 is 0 Å². The molecule has 3 aromatic heterocycles. The topological polar surface area (TPSA) is 30.2 Å². The van der Waals surface area contributed by atoms with Gasteiger partial charge in [-0.1, -0.05) is 133 Å². The Labute approximate surface area is 243 Å². The predicted octanol–water partition coefficient (Wildman–Crippen LogP) is 10.1. The summed E-state index contributed by atoms with van der Waals surface area (Å²) in [6.45, 7) is 2.18. The second-order valence-corrected chi connectivity index (χ2v) is 10.7. The number of nitrogens with zero attached hydrogens (tertiary/aromatic N) is 3. The van der Waals surface area contributed by atoms with Crippen LogP contribution >= 0.6 is 0 Å². The van der Waals surface area contributed by atoms with E-state index in [1.165, 1.54) is 27.3 Å². The van der Waals surface area contributed by atoms with Crippen molar-refractivity contribution >= 4 is 49.1 Å². The monoisotopic (exact) mass is 537 g/mol. The van der Waals surface area contributed by atoms with Crippen molar-refractivity contribution in [2.75, 3.05) is 0 Å². The fourth-order valence-corrected chi connectivity index (χ4v) is 6.21. The Morgan fingerprint density at radius 1 is 0.524 bits per heavy atom. The summed E-state index contributed by atoms with van der Waals surface area (Å²) in [6.07, 6.45) is 2.18. The van der Waals surface area contributed by atoms with E-state index in [2.05, 4.69) is 157 Å². The Hall–Kier alpha value is -5.54. The number of hydrogen-bond acceptors (Lipinski definition) is 2. The highest BCUT2D eigenvalue weighted by Crippen LogP contribution is 2.39. The zero-order chi connectivity index (χ0) is 28.0. The third kappa shape index (κ3) is 3.90. The van der Waals surface area contributed by atoms with Crippen LogP contribution in [0.15, 0.2) is 146 Å². The van der Waals surface area contributed by atoms with E-state index in [1.807, 2.05) is 0 Å². The summed E-state index contributed by atoms with van der Waals surface area (Å²) in [5, 5.41) is 6.91. The summed E-state index contributed by atoms with van der Waals surface area (Å²) < 4.78 is 2.19. The zero-order valence-electron chi connectivity index (χ0n) is 23.2. The molecule has 0 aliphatic carbocycles. The van der Waals surface area contributed by atoms with Gasteiger partial charge in [0.25, 0.3) is 0 Å². The molecule has 0 saturated heterocycles. The largest absolute Gasteiger partial charge is 0.297 e. The Bertz CT molecular complexity index is 2370. The first-order chi connectivity index (χ1) is 20.8. The summed E-state index contributed by atoms with van der Waals surface area (Å²) in [4.78, 5) is 10.4. The smallest absolute Gasteiger partial charge is 0.179 e. The van der Waals surface area contributed by atoms with Gasteiger partial charge in [0.05, 0.1) is 11.2 Å². The highest BCUT2D eigenvalue weighted by atomic mass is 15.0. The molecule has 0 aliphatic rings. The molecule has 0 unspecified atom stereocenters. The Balaban J connectivity index is 1.55. The van der Waals surface area contributed by atoms with E-state index in [0.29, 0.717) is 0 Å². The van der Waals surface area contributed by atoms with Crippen LogP contribution in [0.3, 0.4) is 0 Å². The van der Waals surface area contributed by atoms with Crippen molar-refractivity contribution in [2.45, 2.75) is 6.92 Å². The normalized spacial score (nSPS) is 11.5. The lowest BCUT2D eigenvalue weighted by atomic mass is 9.93. The van der Waals surface area contributed by atoms with Crippen LogP contribution in [0.4, 0.5) is 0 Å². The summed E-state index contributed by atoms with van der Waals surface area (Å²) >= 11 is 0. The van der Waals surface area contributed by atoms with E-state index in [9.17, 15) is 0 Å². The number of rotatable bonds is 2. The first-order valence-electron chi connectivity index (χ1n) is 14.3. The van der Waals surface area contributed by atoms with Crippen LogP contribution in [0.5, 0.6) is 0 Å². The minimum atomic E-state index is 0.747. The molecule has 8 rings (SSSR count). The third-order valence-electron chi connectivity index (χ3n) is 8.16. The molecule has 0 bridgehead atoms. The molecule has 42 heavy (non-hydrogen) atoms. The van der Waals surface area contributed by atoms with E-state index in [4.69, 9.17) is 9.97 Å². The molecular weight excluding hydrogens is 510 g/mol. The van der Waals surface area contributed by atoms with Crippen LogP contribution in [-0.4, -0.2) is 14.4 Å². The van der Waals surface area contributed by atoms with Crippen LogP contribution in [0.2, 0.25) is 0 Å². The Morgan fingerprint density at radius 2 is 1.14 bits per heavy atom. The molecule has 0 radical (unpaired) electrons. The van der Waals surface area contributed by atoms with Gasteiger partial charge in [-0.3, -0.25) is 4.40 Å². The van der Waals surface area contributed by atoms with Gasteiger partial charge in [-0.05, 0) is 51.2 Å². The van der Waals surface area contributed by atoms with Crippen LogP contribution in [0, 0.1) is 6.92 Å².